The molecule has 1 heterocycles. The van der Waals surface area contributed by atoms with Crippen LogP contribution in [0.4, 0.5) is 13.2 Å². The van der Waals surface area contributed by atoms with E-state index < -0.39 is 11.9 Å². The number of pyridine rings is 1. The second-order valence-corrected chi connectivity index (χ2v) is 3.62. The number of alkyl halides is 3. The van der Waals surface area contributed by atoms with Crippen molar-refractivity contribution in [2.45, 2.75) is 19.5 Å². The molecule has 0 saturated carbocycles. The Hall–Kier alpha value is -1.85. The largest absolute Gasteiger partial charge is 0.433 e. The molecule has 0 radical (unpaired) electrons. The third kappa shape index (κ3) is 4.99. The minimum Gasteiger partial charge on any atom is -0.356 e. The summed E-state index contributed by atoms with van der Waals surface area (Å²) in [6, 6.07) is 3.72. The Morgan fingerprint density at radius 2 is 2.17 bits per heavy atom. The Balaban J connectivity index is 2.57. The molecule has 0 fully saturated rings. The summed E-state index contributed by atoms with van der Waals surface area (Å²) in [4.78, 5) is 14.0. The van der Waals surface area contributed by atoms with Gasteiger partial charge in [0.1, 0.15) is 5.69 Å². The van der Waals surface area contributed by atoms with E-state index in [1.54, 1.807) is 6.08 Å². The molecule has 3 nitrogen and oxygen atoms in total. The molecule has 0 atom stereocenters. The van der Waals surface area contributed by atoms with E-state index in [9.17, 15) is 18.0 Å². The number of aromatic nitrogens is 1. The first kappa shape index (κ1) is 14.2. The molecule has 0 saturated heterocycles. The average molecular weight is 258 g/mol. The number of halogens is 3. The monoisotopic (exact) mass is 258 g/mol. The molecular weight excluding hydrogens is 245 g/mol. The molecule has 0 aromatic carbocycles. The predicted molar refractivity (Wildman–Crippen MR) is 61.6 cm³/mol. The Morgan fingerprint density at radius 3 is 2.78 bits per heavy atom. The highest BCUT2D eigenvalue weighted by molar-refractivity contribution is 5.72. The Morgan fingerprint density at radius 1 is 1.44 bits per heavy atom. The van der Waals surface area contributed by atoms with Crippen LogP contribution in [0.3, 0.4) is 0 Å². The number of carbonyl (C=O) groups excluding carboxylic acids is 1. The number of nitrogens with one attached hydrogen (secondary N) is 1. The molecule has 1 aromatic rings. The smallest absolute Gasteiger partial charge is 0.356 e. The van der Waals surface area contributed by atoms with Crippen molar-refractivity contribution in [2.75, 3.05) is 6.54 Å². The van der Waals surface area contributed by atoms with E-state index in [2.05, 4.69) is 10.3 Å². The van der Waals surface area contributed by atoms with Gasteiger partial charge in [0.15, 0.2) is 0 Å². The molecule has 98 valence electrons. The van der Waals surface area contributed by atoms with E-state index in [4.69, 9.17) is 0 Å². The van der Waals surface area contributed by atoms with Crippen LogP contribution >= 0.6 is 0 Å². The lowest BCUT2D eigenvalue weighted by atomic mass is 10.2. The van der Waals surface area contributed by atoms with E-state index in [1.165, 1.54) is 25.1 Å². The first-order valence-corrected chi connectivity index (χ1v) is 5.35. The zero-order valence-electron chi connectivity index (χ0n) is 9.79. The van der Waals surface area contributed by atoms with Crippen LogP contribution in [0, 0.1) is 0 Å². The van der Waals surface area contributed by atoms with E-state index >= 15 is 0 Å². The maximum atomic E-state index is 12.4. The Bertz CT molecular complexity index is 441. The van der Waals surface area contributed by atoms with Gasteiger partial charge >= 0.3 is 6.18 Å². The molecule has 0 aliphatic heterocycles. The second-order valence-electron chi connectivity index (χ2n) is 3.62. The van der Waals surface area contributed by atoms with Crippen molar-refractivity contribution in [3.05, 3.63) is 35.7 Å². The minimum atomic E-state index is -4.43. The first-order valence-electron chi connectivity index (χ1n) is 5.35. The zero-order valence-corrected chi connectivity index (χ0v) is 9.79. The number of hydrogen-bond acceptors (Lipinski definition) is 2. The van der Waals surface area contributed by atoms with Crippen LogP contribution < -0.4 is 5.32 Å². The number of nitrogens with zero attached hydrogens (tertiary/aromatic N) is 1. The quantitative estimate of drug-likeness (QED) is 0.843. The van der Waals surface area contributed by atoms with Crippen LogP contribution in [0.1, 0.15) is 24.7 Å². The molecule has 1 N–H and O–H groups in total. The van der Waals surface area contributed by atoms with E-state index in [0.717, 1.165) is 6.07 Å². The highest BCUT2D eigenvalue weighted by atomic mass is 19.4. The van der Waals surface area contributed by atoms with Gasteiger partial charge in [-0.15, -0.1) is 0 Å². The molecule has 18 heavy (non-hydrogen) atoms. The molecular formula is C12H13F3N2O. The number of rotatable bonds is 4. The molecule has 1 rings (SSSR count). The minimum absolute atomic E-state index is 0.138. The fourth-order valence-corrected chi connectivity index (χ4v) is 1.24. The third-order valence-electron chi connectivity index (χ3n) is 2.03. The first-order chi connectivity index (χ1) is 8.39. The molecule has 6 heteroatoms. The van der Waals surface area contributed by atoms with E-state index in [-0.39, 0.29) is 11.6 Å². The van der Waals surface area contributed by atoms with Crippen LogP contribution in [0.2, 0.25) is 0 Å². The van der Waals surface area contributed by atoms with Crippen molar-refractivity contribution < 1.29 is 18.0 Å². The lowest BCUT2D eigenvalue weighted by Crippen LogP contribution is -2.20. The lowest BCUT2D eigenvalue weighted by Gasteiger charge is -2.05. The second kappa shape index (κ2) is 6.18. The SMILES string of the molecule is CC(=O)NCCC=Cc1cccc(C(F)(F)F)n1. The van der Waals surface area contributed by atoms with Gasteiger partial charge < -0.3 is 5.32 Å². The summed E-state index contributed by atoms with van der Waals surface area (Å²) in [5, 5.41) is 2.58. The van der Waals surface area contributed by atoms with Crippen molar-refractivity contribution >= 4 is 12.0 Å². The maximum Gasteiger partial charge on any atom is 0.433 e. The van der Waals surface area contributed by atoms with Crippen LogP contribution in [-0.2, 0) is 11.0 Å². The standard InChI is InChI=1S/C12H13F3N2O/c1-9(18)16-8-3-2-5-10-6-4-7-11(17-10)12(13,14)15/h2,4-7H,3,8H2,1H3,(H,16,18). The summed E-state index contributed by atoms with van der Waals surface area (Å²) < 4.78 is 37.1. The van der Waals surface area contributed by atoms with E-state index in [1.807, 2.05) is 0 Å². The Labute approximate surface area is 103 Å². The van der Waals surface area contributed by atoms with Gasteiger partial charge in [-0.2, -0.15) is 13.2 Å². The summed E-state index contributed by atoms with van der Waals surface area (Å²) in [5.74, 6) is -0.138. The molecule has 0 aliphatic carbocycles. The fourth-order valence-electron chi connectivity index (χ4n) is 1.24. The van der Waals surface area contributed by atoms with Crippen molar-refractivity contribution in [2.24, 2.45) is 0 Å². The number of carbonyl (C=O) groups is 1. The molecule has 0 bridgehead atoms. The average Bonchev–Trinajstić information content (AvgIpc) is 2.27. The van der Waals surface area contributed by atoms with Gasteiger partial charge in [0, 0.05) is 13.5 Å². The summed E-state index contributed by atoms with van der Waals surface area (Å²) >= 11 is 0. The van der Waals surface area contributed by atoms with E-state index in [0.29, 0.717) is 13.0 Å². The van der Waals surface area contributed by atoms with Gasteiger partial charge in [-0.3, -0.25) is 4.79 Å². The van der Waals surface area contributed by atoms with Crippen molar-refractivity contribution in [1.29, 1.82) is 0 Å². The van der Waals surface area contributed by atoms with Crippen molar-refractivity contribution in [1.82, 2.24) is 10.3 Å². The van der Waals surface area contributed by atoms with Gasteiger partial charge in [0.05, 0.1) is 5.69 Å². The van der Waals surface area contributed by atoms with Gasteiger partial charge in [-0.25, -0.2) is 4.98 Å². The third-order valence-corrected chi connectivity index (χ3v) is 2.03. The van der Waals surface area contributed by atoms with Crippen LogP contribution in [0.5, 0.6) is 0 Å². The fraction of sp³-hybridized carbons (Fsp3) is 0.333. The maximum absolute atomic E-state index is 12.4. The molecule has 0 aliphatic rings. The molecule has 1 amide bonds. The van der Waals surface area contributed by atoms with Crippen molar-refractivity contribution in [3.8, 4) is 0 Å². The Kier molecular flexibility index (Phi) is 4.88. The summed E-state index contributed by atoms with van der Waals surface area (Å²) in [7, 11) is 0. The van der Waals surface area contributed by atoms with Crippen LogP contribution in [0.25, 0.3) is 6.08 Å². The highest BCUT2D eigenvalue weighted by Gasteiger charge is 2.32. The number of hydrogen-bond donors (Lipinski definition) is 1. The van der Waals surface area contributed by atoms with Gasteiger partial charge in [0.25, 0.3) is 0 Å². The van der Waals surface area contributed by atoms with Crippen LogP contribution in [0.15, 0.2) is 24.3 Å². The summed E-state index contributed by atoms with van der Waals surface area (Å²) in [5.41, 5.74) is -0.667. The lowest BCUT2D eigenvalue weighted by molar-refractivity contribution is -0.141. The zero-order chi connectivity index (χ0) is 13.6. The van der Waals surface area contributed by atoms with Gasteiger partial charge in [0.2, 0.25) is 5.91 Å². The summed E-state index contributed by atoms with van der Waals surface area (Å²) in [6.07, 6.45) is -0.729. The molecule has 0 spiro atoms. The highest BCUT2D eigenvalue weighted by Crippen LogP contribution is 2.27. The normalized spacial score (nSPS) is 11.8. The van der Waals surface area contributed by atoms with Crippen molar-refractivity contribution in [3.63, 3.8) is 0 Å². The molecule has 0 unspecified atom stereocenters. The number of amides is 1. The molecule has 1 aromatic heterocycles. The topological polar surface area (TPSA) is 42.0 Å². The predicted octanol–water partition coefficient (Wildman–Crippen LogP) is 2.64. The van der Waals surface area contributed by atoms with Gasteiger partial charge in [-0.05, 0) is 24.6 Å². The summed E-state index contributed by atoms with van der Waals surface area (Å²) in [6.45, 7) is 1.85. The van der Waals surface area contributed by atoms with Gasteiger partial charge in [-0.1, -0.05) is 12.1 Å². The van der Waals surface area contributed by atoms with Crippen LogP contribution in [-0.4, -0.2) is 17.4 Å².